The van der Waals surface area contributed by atoms with E-state index in [1.165, 1.54) is 4.70 Å². The molecule has 6 nitrogen and oxygen atoms in total. The van der Waals surface area contributed by atoms with Crippen LogP contribution in [0.2, 0.25) is 0 Å². The molecule has 1 aliphatic rings. The van der Waals surface area contributed by atoms with Crippen LogP contribution in [0.25, 0.3) is 21.6 Å². The summed E-state index contributed by atoms with van der Waals surface area (Å²) in [6, 6.07) is 18.8. The van der Waals surface area contributed by atoms with Crippen molar-refractivity contribution in [2.45, 2.75) is 0 Å². The minimum absolute atomic E-state index is 0.591. The van der Waals surface area contributed by atoms with Crippen molar-refractivity contribution in [2.75, 3.05) is 36.0 Å². The average molecular weight is 363 g/mol. The van der Waals surface area contributed by atoms with Crippen LogP contribution in [0.3, 0.4) is 0 Å². The fourth-order valence-electron chi connectivity index (χ4n) is 3.13. The summed E-state index contributed by atoms with van der Waals surface area (Å²) >= 11 is 1.75. The molecule has 0 unspecified atom stereocenters. The van der Waals surface area contributed by atoms with Gasteiger partial charge in [0.1, 0.15) is 0 Å². The van der Waals surface area contributed by atoms with Crippen molar-refractivity contribution in [1.29, 1.82) is 0 Å². The van der Waals surface area contributed by atoms with Gasteiger partial charge in [0.05, 0.1) is 10.2 Å². The van der Waals surface area contributed by atoms with Gasteiger partial charge in [-0.1, -0.05) is 59.0 Å². The second-order valence-electron chi connectivity index (χ2n) is 6.20. The van der Waals surface area contributed by atoms with E-state index in [-0.39, 0.29) is 0 Å². The number of aromatic nitrogens is 3. The van der Waals surface area contributed by atoms with E-state index in [1.54, 1.807) is 11.3 Å². The maximum Gasteiger partial charge on any atom is 0.324 e. The molecule has 1 aliphatic heterocycles. The van der Waals surface area contributed by atoms with E-state index in [0.717, 1.165) is 42.4 Å². The van der Waals surface area contributed by atoms with E-state index in [9.17, 15) is 0 Å². The Morgan fingerprint density at radius 3 is 2.35 bits per heavy atom. The highest BCUT2D eigenvalue weighted by Crippen LogP contribution is 2.29. The Hall–Kier alpha value is -2.93. The van der Waals surface area contributed by atoms with Crippen LogP contribution in [-0.4, -0.2) is 41.3 Å². The summed E-state index contributed by atoms with van der Waals surface area (Å²) in [5.74, 6) is 0.634. The highest BCUT2D eigenvalue weighted by atomic mass is 32.1. The topological polar surface area (TPSA) is 58.3 Å². The number of rotatable bonds is 3. The van der Waals surface area contributed by atoms with Crippen molar-refractivity contribution in [3.63, 3.8) is 0 Å². The van der Waals surface area contributed by atoms with Crippen molar-refractivity contribution in [1.82, 2.24) is 15.1 Å². The third-order valence-corrected chi connectivity index (χ3v) is 5.65. The molecule has 2 aromatic carbocycles. The van der Waals surface area contributed by atoms with Crippen molar-refractivity contribution in [3.05, 3.63) is 54.6 Å². The molecule has 0 aliphatic carbocycles. The van der Waals surface area contributed by atoms with Crippen LogP contribution in [0, 0.1) is 0 Å². The Kier molecular flexibility index (Phi) is 3.79. The molecule has 3 heterocycles. The molecule has 0 atom stereocenters. The number of benzene rings is 2. The third-order valence-electron chi connectivity index (χ3n) is 4.55. The molecule has 7 heteroatoms. The minimum Gasteiger partial charge on any atom is -0.345 e. The smallest absolute Gasteiger partial charge is 0.324 e. The fourth-order valence-corrected chi connectivity index (χ4v) is 4.15. The number of nitrogens with zero attached hydrogens (tertiary/aromatic N) is 5. The molecule has 5 rings (SSSR count). The SMILES string of the molecule is c1ccc(-c2noc(N3CCN(c4nc5ccccc5s4)CC3)n2)cc1. The number of para-hydroxylation sites is 1. The number of hydrogen-bond donors (Lipinski definition) is 0. The van der Waals surface area contributed by atoms with Gasteiger partial charge in [-0.2, -0.15) is 4.98 Å². The van der Waals surface area contributed by atoms with E-state index >= 15 is 0 Å². The van der Waals surface area contributed by atoms with Gasteiger partial charge < -0.3 is 14.3 Å². The molecule has 130 valence electrons. The zero-order chi connectivity index (χ0) is 17.3. The van der Waals surface area contributed by atoms with E-state index in [2.05, 4.69) is 38.1 Å². The Morgan fingerprint density at radius 2 is 1.54 bits per heavy atom. The van der Waals surface area contributed by atoms with E-state index in [0.29, 0.717) is 11.8 Å². The molecule has 0 spiro atoms. The molecule has 0 radical (unpaired) electrons. The van der Waals surface area contributed by atoms with Gasteiger partial charge in [-0.15, -0.1) is 0 Å². The molecule has 1 saturated heterocycles. The Labute approximate surface area is 154 Å². The van der Waals surface area contributed by atoms with Crippen molar-refractivity contribution >= 4 is 32.7 Å². The first-order valence-electron chi connectivity index (χ1n) is 8.61. The molecule has 4 aromatic rings. The Bertz CT molecular complexity index is 988. The lowest BCUT2D eigenvalue weighted by Gasteiger charge is -2.33. The maximum atomic E-state index is 5.48. The van der Waals surface area contributed by atoms with Crippen LogP contribution in [-0.2, 0) is 0 Å². The number of fused-ring (bicyclic) bond motifs is 1. The Morgan fingerprint density at radius 1 is 0.808 bits per heavy atom. The zero-order valence-corrected chi connectivity index (χ0v) is 14.9. The second-order valence-corrected chi connectivity index (χ2v) is 7.21. The molecule has 0 N–H and O–H groups in total. The molecule has 0 amide bonds. The van der Waals surface area contributed by atoms with Gasteiger partial charge in [-0.3, -0.25) is 0 Å². The monoisotopic (exact) mass is 363 g/mol. The molecule has 1 fully saturated rings. The van der Waals surface area contributed by atoms with Gasteiger partial charge in [0, 0.05) is 31.7 Å². The first kappa shape index (κ1) is 15.3. The molecule has 2 aromatic heterocycles. The highest BCUT2D eigenvalue weighted by molar-refractivity contribution is 7.22. The second kappa shape index (κ2) is 6.42. The number of thiazole rings is 1. The van der Waals surface area contributed by atoms with Gasteiger partial charge in [-0.05, 0) is 12.1 Å². The zero-order valence-electron chi connectivity index (χ0n) is 14.1. The van der Waals surface area contributed by atoms with Gasteiger partial charge in [0.2, 0.25) is 5.82 Å². The predicted molar refractivity (Wildman–Crippen MR) is 104 cm³/mol. The molecule has 0 bridgehead atoms. The summed E-state index contributed by atoms with van der Waals surface area (Å²) < 4.78 is 6.71. The van der Waals surface area contributed by atoms with E-state index in [4.69, 9.17) is 9.51 Å². The average Bonchev–Trinajstić information content (AvgIpc) is 3.36. The van der Waals surface area contributed by atoms with Crippen LogP contribution in [0.4, 0.5) is 11.1 Å². The summed E-state index contributed by atoms with van der Waals surface area (Å²) in [6.45, 7) is 3.46. The van der Waals surface area contributed by atoms with Crippen LogP contribution in [0.1, 0.15) is 0 Å². The number of hydrogen-bond acceptors (Lipinski definition) is 7. The summed E-state index contributed by atoms with van der Waals surface area (Å²) in [7, 11) is 0. The normalized spacial score (nSPS) is 14.9. The summed E-state index contributed by atoms with van der Waals surface area (Å²) in [5.41, 5.74) is 2.04. The molecule has 0 saturated carbocycles. The fraction of sp³-hybridized carbons (Fsp3) is 0.211. The van der Waals surface area contributed by atoms with Crippen LogP contribution in [0.5, 0.6) is 0 Å². The predicted octanol–water partition coefficient (Wildman–Crippen LogP) is 3.67. The van der Waals surface area contributed by atoms with Crippen molar-refractivity contribution < 1.29 is 4.52 Å². The Balaban J connectivity index is 1.29. The lowest BCUT2D eigenvalue weighted by Crippen LogP contribution is -2.46. The lowest BCUT2D eigenvalue weighted by molar-refractivity contribution is 0.409. The molecular weight excluding hydrogens is 346 g/mol. The van der Waals surface area contributed by atoms with Crippen molar-refractivity contribution in [3.8, 4) is 11.4 Å². The maximum absolute atomic E-state index is 5.48. The summed E-state index contributed by atoms with van der Waals surface area (Å²) in [4.78, 5) is 13.8. The number of anilines is 2. The van der Waals surface area contributed by atoms with Gasteiger partial charge in [0.15, 0.2) is 5.13 Å². The summed E-state index contributed by atoms with van der Waals surface area (Å²) in [5, 5.41) is 5.20. The highest BCUT2D eigenvalue weighted by Gasteiger charge is 2.23. The van der Waals surface area contributed by atoms with Gasteiger partial charge in [0.25, 0.3) is 0 Å². The quantitative estimate of drug-likeness (QED) is 0.553. The van der Waals surface area contributed by atoms with Crippen LogP contribution < -0.4 is 9.80 Å². The van der Waals surface area contributed by atoms with Gasteiger partial charge >= 0.3 is 6.01 Å². The van der Waals surface area contributed by atoms with Crippen LogP contribution in [0.15, 0.2) is 59.1 Å². The minimum atomic E-state index is 0.591. The summed E-state index contributed by atoms with van der Waals surface area (Å²) in [6.07, 6.45) is 0. The third kappa shape index (κ3) is 2.80. The van der Waals surface area contributed by atoms with Crippen molar-refractivity contribution in [2.24, 2.45) is 0 Å². The van der Waals surface area contributed by atoms with Crippen LogP contribution >= 0.6 is 11.3 Å². The molecule has 26 heavy (non-hydrogen) atoms. The van der Waals surface area contributed by atoms with Gasteiger partial charge in [-0.25, -0.2) is 4.98 Å². The standard InChI is InChI=1S/C19H17N5OS/c1-2-6-14(7-3-1)17-21-18(25-22-17)23-10-12-24(13-11-23)19-20-15-8-4-5-9-16(15)26-19/h1-9H,10-13H2. The first-order chi connectivity index (χ1) is 12.9. The molecular formula is C19H17N5OS. The van der Waals surface area contributed by atoms with E-state index < -0.39 is 0 Å². The van der Waals surface area contributed by atoms with E-state index in [1.807, 2.05) is 36.4 Å². The number of piperazine rings is 1. The first-order valence-corrected chi connectivity index (χ1v) is 9.43. The lowest BCUT2D eigenvalue weighted by atomic mass is 10.2. The largest absolute Gasteiger partial charge is 0.345 e.